The maximum atomic E-state index is 13.6. The van der Waals surface area contributed by atoms with Gasteiger partial charge in [0.15, 0.2) is 5.41 Å². The van der Waals surface area contributed by atoms with Crippen LogP contribution in [0.2, 0.25) is 0 Å². The number of ether oxygens (including phenoxy) is 10. The van der Waals surface area contributed by atoms with Crippen molar-refractivity contribution in [2.75, 3.05) is 106 Å². The second-order valence-corrected chi connectivity index (χ2v) is 12.4. The van der Waals surface area contributed by atoms with Crippen LogP contribution < -0.4 is 0 Å². The molecule has 0 aromatic heterocycles. The van der Waals surface area contributed by atoms with Crippen LogP contribution in [0.15, 0.2) is 0 Å². The van der Waals surface area contributed by atoms with E-state index in [0.717, 1.165) is 19.3 Å². The van der Waals surface area contributed by atoms with Crippen LogP contribution >= 0.6 is 0 Å². The van der Waals surface area contributed by atoms with Gasteiger partial charge in [0.25, 0.3) is 0 Å². The minimum Gasteiger partial charge on any atom is -0.462 e. The van der Waals surface area contributed by atoms with Gasteiger partial charge in [-0.3, -0.25) is 9.59 Å². The van der Waals surface area contributed by atoms with Gasteiger partial charge in [0.2, 0.25) is 0 Å². The molecule has 0 radical (unpaired) electrons. The van der Waals surface area contributed by atoms with Gasteiger partial charge in [0, 0.05) is 0 Å². The lowest BCUT2D eigenvalue weighted by Gasteiger charge is -2.28. The normalized spacial score (nSPS) is 22.8. The Balaban J connectivity index is 1.91. The predicted octanol–water partition coefficient (Wildman–Crippen LogP) is 4.68. The van der Waals surface area contributed by atoms with Crippen molar-refractivity contribution in [1.29, 1.82) is 0 Å². The highest BCUT2D eigenvalue weighted by Crippen LogP contribution is 2.29. The summed E-state index contributed by atoms with van der Waals surface area (Å²) >= 11 is 0. The highest BCUT2D eigenvalue weighted by molar-refractivity contribution is 5.99. The fraction of sp³-hybridized carbons (Fsp3) is 0.943. The van der Waals surface area contributed by atoms with Gasteiger partial charge < -0.3 is 47.4 Å². The summed E-state index contributed by atoms with van der Waals surface area (Å²) in [6.07, 6.45) is 12.2. The monoisotopic (exact) mass is 676 g/mol. The summed E-state index contributed by atoms with van der Waals surface area (Å²) in [4.78, 5) is 27.2. The summed E-state index contributed by atoms with van der Waals surface area (Å²) in [5.41, 5.74) is -1.48. The van der Waals surface area contributed by atoms with E-state index in [1.807, 2.05) is 0 Å². The quantitative estimate of drug-likeness (QED) is 0.114. The summed E-state index contributed by atoms with van der Waals surface area (Å²) in [5, 5.41) is 0. The van der Waals surface area contributed by atoms with E-state index in [2.05, 4.69) is 6.92 Å². The van der Waals surface area contributed by atoms with E-state index < -0.39 is 29.6 Å². The first-order valence-corrected chi connectivity index (χ1v) is 18.1. The third kappa shape index (κ3) is 20.7. The zero-order chi connectivity index (χ0) is 33.7. The summed E-state index contributed by atoms with van der Waals surface area (Å²) in [7, 11) is 0. The number of carbonyl (C=O) groups is 2. The molecule has 0 bridgehead atoms. The molecule has 2 rings (SSSR count). The third-order valence-electron chi connectivity index (χ3n) is 8.24. The van der Waals surface area contributed by atoms with Gasteiger partial charge in [-0.1, -0.05) is 77.6 Å². The van der Waals surface area contributed by atoms with Crippen molar-refractivity contribution in [3.8, 4) is 0 Å². The van der Waals surface area contributed by atoms with Crippen molar-refractivity contribution in [3.05, 3.63) is 0 Å². The van der Waals surface area contributed by atoms with Crippen LogP contribution in [0.4, 0.5) is 0 Å². The molecule has 12 heteroatoms. The van der Waals surface area contributed by atoms with Crippen LogP contribution in [0.5, 0.6) is 0 Å². The highest BCUT2D eigenvalue weighted by Gasteiger charge is 2.44. The Labute approximate surface area is 283 Å². The predicted molar refractivity (Wildman–Crippen MR) is 175 cm³/mol. The molecule has 0 amide bonds. The average Bonchev–Trinajstić information content (AvgIpc) is 3.06. The zero-order valence-electron chi connectivity index (χ0n) is 29.4. The Morgan fingerprint density at radius 2 is 0.851 bits per heavy atom. The molecule has 2 fully saturated rings. The Morgan fingerprint density at radius 3 is 1.26 bits per heavy atom. The van der Waals surface area contributed by atoms with Crippen molar-refractivity contribution >= 4 is 11.9 Å². The van der Waals surface area contributed by atoms with Gasteiger partial charge in [-0.25, -0.2) is 0 Å². The molecule has 0 aromatic rings. The number of esters is 2. The van der Waals surface area contributed by atoms with Crippen molar-refractivity contribution < 1.29 is 57.0 Å². The molecule has 0 N–H and O–H groups in total. The Bertz CT molecular complexity index is 697. The Hall–Kier alpha value is -1.38. The van der Waals surface area contributed by atoms with E-state index in [9.17, 15) is 9.59 Å². The molecule has 0 aromatic carbocycles. The molecule has 0 saturated carbocycles. The summed E-state index contributed by atoms with van der Waals surface area (Å²) in [6.45, 7) is 9.24. The summed E-state index contributed by atoms with van der Waals surface area (Å²) in [5.74, 6) is -1.27. The van der Waals surface area contributed by atoms with Gasteiger partial charge in [0.1, 0.15) is 25.4 Å². The van der Waals surface area contributed by atoms with Crippen LogP contribution in [-0.4, -0.2) is 130 Å². The highest BCUT2D eigenvalue weighted by atomic mass is 16.6. The van der Waals surface area contributed by atoms with Crippen LogP contribution in [0, 0.1) is 5.41 Å². The van der Waals surface area contributed by atoms with Gasteiger partial charge >= 0.3 is 11.9 Å². The van der Waals surface area contributed by atoms with Gasteiger partial charge in [0.05, 0.1) is 92.5 Å². The number of carbonyl (C=O) groups excluding carboxylic acids is 2. The minimum absolute atomic E-state index is 0.0531. The van der Waals surface area contributed by atoms with E-state index >= 15 is 0 Å². The first kappa shape index (κ1) is 41.8. The lowest BCUT2D eigenvalue weighted by molar-refractivity contribution is -0.178. The van der Waals surface area contributed by atoms with Gasteiger partial charge in [-0.15, -0.1) is 0 Å². The number of hydrogen-bond donors (Lipinski definition) is 0. The Morgan fingerprint density at radius 1 is 0.511 bits per heavy atom. The molecule has 2 atom stereocenters. The molecular weight excluding hydrogens is 612 g/mol. The average molecular weight is 677 g/mol. The molecule has 47 heavy (non-hydrogen) atoms. The van der Waals surface area contributed by atoms with E-state index in [1.54, 1.807) is 6.92 Å². The van der Waals surface area contributed by atoms with E-state index in [0.29, 0.717) is 92.1 Å². The molecule has 0 aliphatic carbocycles. The fourth-order valence-electron chi connectivity index (χ4n) is 5.23. The molecule has 2 heterocycles. The lowest BCUT2D eigenvalue weighted by Crippen LogP contribution is -2.42. The molecule has 2 unspecified atom stereocenters. The molecule has 2 saturated heterocycles. The smallest absolute Gasteiger partial charge is 0.323 e. The standard InChI is InChI=1S/C35H64O12/c1-3-4-5-6-7-8-9-10-11-12-13-14-35(2,33(36)46-29-31-27-42-21-19-38-15-17-40-23-25-44-31)34(37)47-30-32-28-43-22-20-39-16-18-41-24-26-45-32/h31-32H,3-30H2,1-2H3. The van der Waals surface area contributed by atoms with Crippen LogP contribution in [-0.2, 0) is 57.0 Å². The first-order chi connectivity index (χ1) is 23.1. The second kappa shape index (κ2) is 28.5. The SMILES string of the molecule is CCCCCCCCCCCCCC(C)(C(=O)OCC1COCCOCCOCCO1)C(=O)OCC1COCCOCCOCCO1. The minimum atomic E-state index is -1.48. The molecule has 2 aliphatic heterocycles. The van der Waals surface area contributed by atoms with Crippen LogP contribution in [0.3, 0.4) is 0 Å². The molecule has 0 spiro atoms. The van der Waals surface area contributed by atoms with E-state index in [-0.39, 0.29) is 26.4 Å². The molecular formula is C35H64O12. The number of hydrogen-bond acceptors (Lipinski definition) is 12. The topological polar surface area (TPSA) is 126 Å². The second-order valence-electron chi connectivity index (χ2n) is 12.4. The maximum absolute atomic E-state index is 13.6. The van der Waals surface area contributed by atoms with E-state index in [1.165, 1.54) is 44.9 Å². The van der Waals surface area contributed by atoms with Crippen LogP contribution in [0.25, 0.3) is 0 Å². The van der Waals surface area contributed by atoms with Gasteiger partial charge in [-0.05, 0) is 13.3 Å². The fourth-order valence-corrected chi connectivity index (χ4v) is 5.23. The van der Waals surface area contributed by atoms with Crippen LogP contribution in [0.1, 0.15) is 90.9 Å². The maximum Gasteiger partial charge on any atom is 0.323 e. The number of rotatable bonds is 18. The molecule has 12 nitrogen and oxygen atoms in total. The summed E-state index contributed by atoms with van der Waals surface area (Å²) < 4.78 is 56.4. The first-order valence-electron chi connectivity index (χ1n) is 18.1. The number of unbranched alkanes of at least 4 members (excludes halogenated alkanes) is 10. The van der Waals surface area contributed by atoms with Crippen molar-refractivity contribution in [3.63, 3.8) is 0 Å². The summed E-state index contributed by atoms with van der Waals surface area (Å²) in [6, 6.07) is 0. The van der Waals surface area contributed by atoms with Crippen molar-refractivity contribution in [2.45, 2.75) is 103 Å². The Kier molecular flexibility index (Phi) is 25.3. The third-order valence-corrected chi connectivity index (χ3v) is 8.24. The largest absolute Gasteiger partial charge is 0.462 e. The van der Waals surface area contributed by atoms with Crippen molar-refractivity contribution in [2.24, 2.45) is 5.41 Å². The van der Waals surface area contributed by atoms with Crippen molar-refractivity contribution in [1.82, 2.24) is 0 Å². The zero-order valence-corrected chi connectivity index (χ0v) is 29.4. The van der Waals surface area contributed by atoms with Gasteiger partial charge in [-0.2, -0.15) is 0 Å². The lowest BCUT2D eigenvalue weighted by atomic mass is 9.84. The molecule has 2 aliphatic rings. The van der Waals surface area contributed by atoms with E-state index in [4.69, 9.17) is 47.4 Å². The molecule has 276 valence electrons.